The van der Waals surface area contributed by atoms with Crippen molar-refractivity contribution in [2.45, 2.75) is 64.6 Å². The standard InChI is InChI=1S/C28H34F3N5O/c1-15-10-21(18-6-8-19(9-7-18)27(37)36(4)5)13-24-25(15)34-17(3)35-26(24)33-16(2)20-11-22(28(29,30)31)14-23(32)12-20/h10-14,16,18-19H,6-9,32H2,1-5H3,(H,33,34,35)/t16-,18?,19?/m0/s1. The zero-order valence-corrected chi connectivity index (χ0v) is 21.9. The Morgan fingerprint density at radius 1 is 1.05 bits per heavy atom. The van der Waals surface area contributed by atoms with E-state index >= 15 is 0 Å². The molecule has 1 atom stereocenters. The zero-order valence-electron chi connectivity index (χ0n) is 21.9. The van der Waals surface area contributed by atoms with Gasteiger partial charge in [-0.25, -0.2) is 9.97 Å². The van der Waals surface area contributed by atoms with E-state index in [1.165, 1.54) is 5.56 Å². The second-order valence-electron chi connectivity index (χ2n) is 10.4. The summed E-state index contributed by atoms with van der Waals surface area (Å²) in [6, 6.07) is 7.39. The average molecular weight is 514 g/mol. The number of anilines is 2. The molecule has 1 aliphatic rings. The number of nitrogens with zero attached hydrogens (tertiary/aromatic N) is 3. The van der Waals surface area contributed by atoms with E-state index < -0.39 is 17.8 Å². The van der Waals surface area contributed by atoms with Crippen molar-refractivity contribution in [2.24, 2.45) is 5.92 Å². The molecule has 6 nitrogen and oxygen atoms in total. The molecule has 1 aromatic heterocycles. The predicted molar refractivity (Wildman–Crippen MR) is 140 cm³/mol. The van der Waals surface area contributed by atoms with Crippen molar-refractivity contribution in [3.63, 3.8) is 0 Å². The van der Waals surface area contributed by atoms with Crippen LogP contribution in [0.1, 0.15) is 72.6 Å². The largest absolute Gasteiger partial charge is 0.416 e. The van der Waals surface area contributed by atoms with Gasteiger partial charge in [0.15, 0.2) is 0 Å². The number of hydrogen-bond donors (Lipinski definition) is 2. The average Bonchev–Trinajstić information content (AvgIpc) is 2.83. The molecule has 1 aliphatic carbocycles. The first kappa shape index (κ1) is 26.7. The van der Waals surface area contributed by atoms with Gasteiger partial charge in [-0.05, 0) is 93.3 Å². The Morgan fingerprint density at radius 2 is 1.73 bits per heavy atom. The molecule has 198 valence electrons. The summed E-state index contributed by atoms with van der Waals surface area (Å²) in [4.78, 5) is 23.3. The Bertz CT molecular complexity index is 1310. The number of amides is 1. The Kier molecular flexibility index (Phi) is 7.35. The number of nitrogens with one attached hydrogen (secondary N) is 1. The number of carbonyl (C=O) groups excluding carboxylic acids is 1. The Balaban J connectivity index is 1.65. The van der Waals surface area contributed by atoms with E-state index in [1.807, 2.05) is 6.92 Å². The molecule has 0 spiro atoms. The molecule has 1 saturated carbocycles. The zero-order chi connectivity index (χ0) is 27.1. The fourth-order valence-corrected chi connectivity index (χ4v) is 5.31. The second-order valence-corrected chi connectivity index (χ2v) is 10.4. The van der Waals surface area contributed by atoms with E-state index in [2.05, 4.69) is 27.4 Å². The molecule has 1 fully saturated rings. The normalized spacial score (nSPS) is 19.0. The Labute approximate surface area is 215 Å². The molecular formula is C28H34F3N5O. The van der Waals surface area contributed by atoms with Crippen LogP contribution < -0.4 is 11.1 Å². The van der Waals surface area contributed by atoms with Crippen molar-refractivity contribution < 1.29 is 18.0 Å². The summed E-state index contributed by atoms with van der Waals surface area (Å²) >= 11 is 0. The number of nitrogens with two attached hydrogens (primary N) is 1. The summed E-state index contributed by atoms with van der Waals surface area (Å²) in [5.41, 5.74) is 8.50. The van der Waals surface area contributed by atoms with Crippen LogP contribution in [0.25, 0.3) is 10.9 Å². The van der Waals surface area contributed by atoms with Gasteiger partial charge in [0.25, 0.3) is 0 Å². The first-order valence-corrected chi connectivity index (χ1v) is 12.6. The number of fused-ring (bicyclic) bond motifs is 1. The van der Waals surface area contributed by atoms with Crippen LogP contribution in [0.3, 0.4) is 0 Å². The topological polar surface area (TPSA) is 84.1 Å². The summed E-state index contributed by atoms with van der Waals surface area (Å²) in [7, 11) is 3.60. The molecule has 1 heterocycles. The lowest BCUT2D eigenvalue weighted by atomic mass is 9.77. The maximum atomic E-state index is 13.4. The highest BCUT2D eigenvalue weighted by atomic mass is 19.4. The molecule has 0 saturated heterocycles. The van der Waals surface area contributed by atoms with Crippen LogP contribution in [0.2, 0.25) is 0 Å². The fourth-order valence-electron chi connectivity index (χ4n) is 5.31. The number of carbonyl (C=O) groups is 1. The lowest BCUT2D eigenvalue weighted by molar-refractivity contribution is -0.137. The Morgan fingerprint density at radius 3 is 2.35 bits per heavy atom. The van der Waals surface area contributed by atoms with E-state index in [-0.39, 0.29) is 17.5 Å². The third-order valence-corrected chi connectivity index (χ3v) is 7.27. The van der Waals surface area contributed by atoms with Gasteiger partial charge in [-0.3, -0.25) is 4.79 Å². The van der Waals surface area contributed by atoms with Gasteiger partial charge in [0.1, 0.15) is 11.6 Å². The van der Waals surface area contributed by atoms with Gasteiger partial charge in [0, 0.05) is 31.1 Å². The van der Waals surface area contributed by atoms with Crippen molar-refractivity contribution in [1.82, 2.24) is 14.9 Å². The molecule has 3 aromatic rings. The van der Waals surface area contributed by atoms with Crippen LogP contribution in [0, 0.1) is 19.8 Å². The molecule has 3 N–H and O–H groups in total. The van der Waals surface area contributed by atoms with E-state index in [4.69, 9.17) is 5.73 Å². The summed E-state index contributed by atoms with van der Waals surface area (Å²) in [5.74, 6) is 1.73. The monoisotopic (exact) mass is 513 g/mol. The number of hydrogen-bond acceptors (Lipinski definition) is 5. The third-order valence-electron chi connectivity index (χ3n) is 7.27. The van der Waals surface area contributed by atoms with Crippen molar-refractivity contribution in [2.75, 3.05) is 25.1 Å². The SMILES string of the molecule is Cc1nc(N[C@@H](C)c2cc(N)cc(C(F)(F)F)c2)c2cc(C3CCC(C(=O)N(C)C)CC3)cc(C)c2n1. The first-order valence-electron chi connectivity index (χ1n) is 12.6. The van der Waals surface area contributed by atoms with Gasteiger partial charge in [-0.2, -0.15) is 13.2 Å². The molecule has 1 amide bonds. The minimum Gasteiger partial charge on any atom is -0.399 e. The molecule has 2 aromatic carbocycles. The van der Waals surface area contributed by atoms with Crippen LogP contribution in [-0.4, -0.2) is 34.9 Å². The van der Waals surface area contributed by atoms with Crippen LogP contribution in [-0.2, 0) is 11.0 Å². The number of aryl methyl sites for hydroxylation is 2. The van der Waals surface area contributed by atoms with E-state index in [1.54, 1.807) is 38.9 Å². The lowest BCUT2D eigenvalue weighted by Crippen LogP contribution is -2.32. The minimum atomic E-state index is -4.48. The maximum absolute atomic E-state index is 13.4. The van der Waals surface area contributed by atoms with Crippen molar-refractivity contribution in [3.8, 4) is 0 Å². The predicted octanol–water partition coefficient (Wildman–Crippen LogP) is 6.38. The highest BCUT2D eigenvalue weighted by Crippen LogP contribution is 2.39. The number of rotatable bonds is 5. The van der Waals surface area contributed by atoms with Crippen LogP contribution >= 0.6 is 0 Å². The maximum Gasteiger partial charge on any atom is 0.416 e. The molecule has 0 radical (unpaired) electrons. The van der Waals surface area contributed by atoms with Crippen molar-refractivity contribution >= 4 is 28.3 Å². The molecule has 0 bridgehead atoms. The van der Waals surface area contributed by atoms with Gasteiger partial charge in [-0.1, -0.05) is 6.07 Å². The molecule has 4 rings (SSSR count). The molecule has 0 unspecified atom stereocenters. The van der Waals surface area contributed by atoms with Crippen molar-refractivity contribution in [3.05, 3.63) is 58.4 Å². The summed E-state index contributed by atoms with van der Waals surface area (Å²) < 4.78 is 40.1. The minimum absolute atomic E-state index is 0.0590. The summed E-state index contributed by atoms with van der Waals surface area (Å²) in [5, 5.41) is 4.15. The van der Waals surface area contributed by atoms with Gasteiger partial charge < -0.3 is 16.0 Å². The second kappa shape index (κ2) is 10.2. The number of benzene rings is 2. The van der Waals surface area contributed by atoms with Crippen molar-refractivity contribution in [1.29, 1.82) is 0 Å². The van der Waals surface area contributed by atoms with E-state index in [9.17, 15) is 18.0 Å². The van der Waals surface area contributed by atoms with Gasteiger partial charge in [-0.15, -0.1) is 0 Å². The quantitative estimate of drug-likeness (QED) is 0.387. The molecular weight excluding hydrogens is 479 g/mol. The van der Waals surface area contributed by atoms with Gasteiger partial charge in [0.2, 0.25) is 5.91 Å². The molecule has 37 heavy (non-hydrogen) atoms. The van der Waals surface area contributed by atoms with Crippen LogP contribution in [0.4, 0.5) is 24.7 Å². The molecule has 9 heteroatoms. The van der Waals surface area contributed by atoms with Gasteiger partial charge >= 0.3 is 6.18 Å². The van der Waals surface area contributed by atoms with Crippen LogP contribution in [0.15, 0.2) is 30.3 Å². The van der Waals surface area contributed by atoms with E-state index in [0.29, 0.717) is 23.1 Å². The fraction of sp³-hybridized carbons (Fsp3) is 0.464. The first-order chi connectivity index (χ1) is 17.3. The highest BCUT2D eigenvalue weighted by molar-refractivity contribution is 5.92. The summed E-state index contributed by atoms with van der Waals surface area (Å²) in [6.45, 7) is 5.60. The smallest absolute Gasteiger partial charge is 0.399 e. The van der Waals surface area contributed by atoms with E-state index in [0.717, 1.165) is 54.3 Å². The summed E-state index contributed by atoms with van der Waals surface area (Å²) in [6.07, 6.45) is -0.941. The third kappa shape index (κ3) is 5.81. The lowest BCUT2D eigenvalue weighted by Gasteiger charge is -2.30. The Hall–Kier alpha value is -3.36. The molecule has 0 aliphatic heterocycles. The number of halogens is 3. The number of alkyl halides is 3. The van der Waals surface area contributed by atoms with Crippen LogP contribution in [0.5, 0.6) is 0 Å². The number of aromatic nitrogens is 2. The van der Waals surface area contributed by atoms with Gasteiger partial charge in [0.05, 0.1) is 17.1 Å². The highest BCUT2D eigenvalue weighted by Gasteiger charge is 2.32. The number of nitrogen functional groups attached to an aromatic ring is 1.